The van der Waals surface area contributed by atoms with Gasteiger partial charge in [-0.05, 0) is 12.8 Å². The largest absolute Gasteiger partial charge is 0.365 e. The molecule has 1 atom stereocenters. The normalized spacial score (nSPS) is 11.9. The van der Waals surface area contributed by atoms with Gasteiger partial charge in [-0.3, -0.25) is 9.59 Å². The van der Waals surface area contributed by atoms with Gasteiger partial charge in [0.2, 0.25) is 5.91 Å². The van der Waals surface area contributed by atoms with Gasteiger partial charge in [0.25, 0.3) is 7.28 Å². The molecule has 0 aliphatic rings. The van der Waals surface area contributed by atoms with Crippen LogP contribution < -0.4 is 16.4 Å². The zero-order chi connectivity index (χ0) is 27.2. The molecule has 2 amide bonds. The first-order valence-electron chi connectivity index (χ1n) is 16.4. The summed E-state index contributed by atoms with van der Waals surface area (Å²) in [7, 11) is 0.0719. The molecule has 0 aromatic heterocycles. The van der Waals surface area contributed by atoms with E-state index in [4.69, 9.17) is 5.73 Å². The van der Waals surface area contributed by atoms with E-state index in [1.165, 1.54) is 128 Å². The average Bonchev–Trinajstić information content (AvgIpc) is 2.89. The Kier molecular flexibility index (Phi) is 28.7. The van der Waals surface area contributed by atoms with Gasteiger partial charge in [-0.1, -0.05) is 155 Å². The number of hydrogen-bond donors (Lipinski definition) is 3. The van der Waals surface area contributed by atoms with Gasteiger partial charge in [0.1, 0.15) is 0 Å². The van der Waals surface area contributed by atoms with Crippen molar-refractivity contribution in [3.63, 3.8) is 0 Å². The van der Waals surface area contributed by atoms with E-state index in [2.05, 4.69) is 24.5 Å². The van der Waals surface area contributed by atoms with Gasteiger partial charge in [-0.15, -0.1) is 0 Å². The summed E-state index contributed by atoms with van der Waals surface area (Å²) in [5, 5.41) is 5.82. The van der Waals surface area contributed by atoms with E-state index in [0.717, 1.165) is 25.7 Å². The predicted octanol–water partition coefficient (Wildman–Crippen LogP) is 7.94. The Balaban J connectivity index is 3.42. The monoisotopic (exact) mass is 522 g/mol. The molecular weight excluding hydrogens is 457 g/mol. The molecule has 0 unspecified atom stereocenters. The van der Waals surface area contributed by atoms with Crippen LogP contribution in [-0.2, 0) is 4.79 Å². The second-order valence-corrected chi connectivity index (χ2v) is 11.2. The van der Waals surface area contributed by atoms with Crippen molar-refractivity contribution in [1.29, 1.82) is 0 Å². The minimum atomic E-state index is -0.750. The van der Waals surface area contributed by atoms with Crippen LogP contribution in [0.2, 0.25) is 0 Å². The lowest BCUT2D eigenvalue weighted by Gasteiger charge is -2.11. The van der Waals surface area contributed by atoms with Gasteiger partial charge in [0.15, 0.2) is 5.81 Å². The topological polar surface area (TPSA) is 84.2 Å². The van der Waals surface area contributed by atoms with Gasteiger partial charge >= 0.3 is 0 Å². The summed E-state index contributed by atoms with van der Waals surface area (Å²) in [6.07, 6.45) is 31.3. The van der Waals surface area contributed by atoms with E-state index in [0.29, 0.717) is 13.1 Å². The Bertz CT molecular complexity index is 505. The number of nitrogens with one attached hydrogen (secondary N) is 2. The molecule has 0 rings (SSSR count). The first-order valence-corrected chi connectivity index (χ1v) is 16.4. The summed E-state index contributed by atoms with van der Waals surface area (Å²) in [5.41, 5.74) is 5.93. The number of unbranched alkanes of at least 4 members (excludes halogenated alkanes) is 22. The van der Waals surface area contributed by atoms with Gasteiger partial charge in [0, 0.05) is 13.1 Å². The van der Waals surface area contributed by atoms with Crippen molar-refractivity contribution < 1.29 is 9.59 Å². The molecule has 4 N–H and O–H groups in total. The molecule has 0 radical (unpaired) electrons. The summed E-state index contributed by atoms with van der Waals surface area (Å²) in [6, 6.07) is 0. The molecule has 0 heterocycles. The molecule has 0 saturated carbocycles. The molecule has 0 aliphatic heterocycles. The Morgan fingerprint density at radius 1 is 0.514 bits per heavy atom. The van der Waals surface area contributed by atoms with Gasteiger partial charge in [-0.25, -0.2) is 0 Å². The van der Waals surface area contributed by atoms with Crippen LogP contribution in [0, 0.1) is 0 Å². The van der Waals surface area contributed by atoms with Gasteiger partial charge in [-0.2, -0.15) is 0 Å². The fourth-order valence-corrected chi connectivity index (χ4v) is 4.87. The van der Waals surface area contributed by atoms with Crippen molar-refractivity contribution in [3.8, 4) is 0 Å². The number of rotatable bonds is 29. The first-order chi connectivity index (χ1) is 18.1. The van der Waals surface area contributed by atoms with Crippen LogP contribution in [0.4, 0.5) is 4.79 Å². The Labute approximate surface area is 231 Å². The molecule has 37 heavy (non-hydrogen) atoms. The lowest BCUT2D eigenvalue weighted by molar-refractivity contribution is -0.120. The quantitative estimate of drug-likeness (QED) is 0.0690. The molecule has 218 valence electrons. The smallest absolute Gasteiger partial charge is 0.263 e. The highest BCUT2D eigenvalue weighted by Gasteiger charge is 2.19. The average molecular weight is 522 g/mol. The Morgan fingerprint density at radius 3 is 1.16 bits per heavy atom. The Hall–Kier alpha value is -1.04. The van der Waals surface area contributed by atoms with E-state index in [1.807, 2.05) is 0 Å². The van der Waals surface area contributed by atoms with Crippen molar-refractivity contribution in [2.45, 2.75) is 174 Å². The van der Waals surface area contributed by atoms with E-state index < -0.39 is 5.94 Å². The molecule has 0 spiro atoms. The van der Waals surface area contributed by atoms with Crippen molar-refractivity contribution in [1.82, 2.24) is 10.6 Å². The van der Waals surface area contributed by atoms with E-state index in [9.17, 15) is 9.59 Å². The maximum atomic E-state index is 12.1. The van der Waals surface area contributed by atoms with Crippen LogP contribution in [0.25, 0.3) is 0 Å². The molecule has 0 bridgehead atoms. The van der Waals surface area contributed by atoms with Crippen LogP contribution >= 0.6 is 0 Å². The molecular formula is C31H64BN3O2. The number of amides is 2. The molecule has 0 aliphatic carbocycles. The fraction of sp³-hybridized carbons (Fsp3) is 0.935. The van der Waals surface area contributed by atoms with Crippen LogP contribution in [0.1, 0.15) is 168 Å². The summed E-state index contributed by atoms with van der Waals surface area (Å²) in [4.78, 5) is 24.2. The summed E-state index contributed by atoms with van der Waals surface area (Å²) < 4.78 is 0. The highest BCUT2D eigenvalue weighted by molar-refractivity contribution is 6.77. The lowest BCUT2D eigenvalue weighted by atomic mass is 9.68. The summed E-state index contributed by atoms with van der Waals surface area (Å²) in [5.74, 6) is -1.07. The third kappa shape index (κ3) is 27.8. The van der Waals surface area contributed by atoms with Crippen molar-refractivity contribution in [2.24, 2.45) is 5.73 Å². The lowest BCUT2D eigenvalue weighted by Crippen LogP contribution is -2.49. The molecule has 0 aromatic rings. The third-order valence-electron chi connectivity index (χ3n) is 7.42. The second-order valence-electron chi connectivity index (χ2n) is 11.2. The standard InChI is InChI=1S/C31H64BN3O2/c1-3-5-7-9-11-13-15-16-17-18-20-22-24-26-28-35-31(37)32-29(33)30(36)34-27-25-23-21-19-14-12-10-8-6-4-2/h29,32H,3-28,33H2,1-2H3,(H,34,36)(H,35,37)/t29-/m1/s1. The van der Waals surface area contributed by atoms with Gasteiger partial charge < -0.3 is 16.4 Å². The van der Waals surface area contributed by atoms with Crippen molar-refractivity contribution in [2.75, 3.05) is 13.1 Å². The predicted molar refractivity (Wildman–Crippen MR) is 164 cm³/mol. The number of carbonyl (C=O) groups is 2. The van der Waals surface area contributed by atoms with E-state index >= 15 is 0 Å². The molecule has 5 nitrogen and oxygen atoms in total. The second kappa shape index (κ2) is 29.5. The minimum Gasteiger partial charge on any atom is -0.365 e. The van der Waals surface area contributed by atoms with Crippen molar-refractivity contribution in [3.05, 3.63) is 0 Å². The summed E-state index contributed by atoms with van der Waals surface area (Å²) in [6.45, 7) is 5.87. The highest BCUT2D eigenvalue weighted by Crippen LogP contribution is 2.13. The van der Waals surface area contributed by atoms with Crippen LogP contribution in [0.5, 0.6) is 0 Å². The van der Waals surface area contributed by atoms with Gasteiger partial charge in [0.05, 0.1) is 5.94 Å². The van der Waals surface area contributed by atoms with Crippen LogP contribution in [0.3, 0.4) is 0 Å². The zero-order valence-electron chi connectivity index (χ0n) is 25.1. The summed E-state index contributed by atoms with van der Waals surface area (Å²) >= 11 is 0. The third-order valence-corrected chi connectivity index (χ3v) is 7.42. The highest BCUT2D eigenvalue weighted by atomic mass is 16.2. The molecule has 0 fully saturated rings. The Morgan fingerprint density at radius 2 is 0.811 bits per heavy atom. The van der Waals surface area contributed by atoms with E-state index in [1.54, 1.807) is 0 Å². The minimum absolute atomic E-state index is 0.0719. The van der Waals surface area contributed by atoms with Crippen LogP contribution in [-0.4, -0.2) is 38.0 Å². The maximum Gasteiger partial charge on any atom is 0.263 e. The zero-order valence-corrected chi connectivity index (χ0v) is 25.1. The van der Waals surface area contributed by atoms with E-state index in [-0.39, 0.29) is 19.0 Å². The molecule has 0 saturated heterocycles. The first kappa shape index (κ1) is 36.0. The fourth-order valence-electron chi connectivity index (χ4n) is 4.87. The van der Waals surface area contributed by atoms with Crippen LogP contribution in [0.15, 0.2) is 0 Å². The number of carbonyl (C=O) groups excluding carboxylic acids is 2. The molecule has 6 heteroatoms. The molecule has 0 aromatic carbocycles. The SMILES string of the molecule is CCCCCCCCCCCCCCCCNC(=O)B[C@H](N)C(=O)NCCCCCCCCCCCC. The van der Waals surface area contributed by atoms with Crippen molar-refractivity contribution >= 4 is 19.0 Å². The number of nitrogens with two attached hydrogens (primary N) is 1. The number of hydrogen-bond acceptors (Lipinski definition) is 3. The maximum absolute atomic E-state index is 12.1.